The maximum atomic E-state index is 13.2. The molecule has 1 aliphatic heterocycles. The standard InChI is InChI=1S/C17H25F2N3.HI/c1-3-20-17(22-8-4-5-13(2)12-22)21-7-6-14-9-15(18)11-16(19)10-14;/h9-11,13H,3-8,12H2,1-2H3,(H,20,21);1H. The first-order valence-electron chi connectivity index (χ1n) is 8.06. The molecule has 1 unspecified atom stereocenters. The zero-order valence-electron chi connectivity index (χ0n) is 13.8. The summed E-state index contributed by atoms with van der Waals surface area (Å²) in [7, 11) is 0. The monoisotopic (exact) mass is 437 g/mol. The lowest BCUT2D eigenvalue weighted by atomic mass is 10.0. The Labute approximate surface area is 154 Å². The predicted octanol–water partition coefficient (Wildman–Crippen LogP) is 3.82. The summed E-state index contributed by atoms with van der Waals surface area (Å²) >= 11 is 0. The smallest absolute Gasteiger partial charge is 0.193 e. The number of benzene rings is 1. The van der Waals surface area contributed by atoms with E-state index in [1.165, 1.54) is 25.0 Å². The van der Waals surface area contributed by atoms with Crippen molar-refractivity contribution in [3.05, 3.63) is 35.4 Å². The second-order valence-corrected chi connectivity index (χ2v) is 5.96. The third-order valence-electron chi connectivity index (χ3n) is 3.88. The molecule has 23 heavy (non-hydrogen) atoms. The van der Waals surface area contributed by atoms with E-state index in [0.29, 0.717) is 24.4 Å². The van der Waals surface area contributed by atoms with Crippen molar-refractivity contribution in [2.75, 3.05) is 26.2 Å². The van der Waals surface area contributed by atoms with Crippen molar-refractivity contribution in [3.8, 4) is 0 Å². The van der Waals surface area contributed by atoms with Crippen molar-refractivity contribution in [2.45, 2.75) is 33.1 Å². The highest BCUT2D eigenvalue weighted by Gasteiger charge is 2.18. The van der Waals surface area contributed by atoms with E-state index >= 15 is 0 Å². The van der Waals surface area contributed by atoms with Gasteiger partial charge in [0.1, 0.15) is 11.6 Å². The van der Waals surface area contributed by atoms with Gasteiger partial charge >= 0.3 is 0 Å². The number of halogens is 3. The van der Waals surface area contributed by atoms with Crippen LogP contribution < -0.4 is 5.32 Å². The van der Waals surface area contributed by atoms with Crippen LogP contribution in [0.3, 0.4) is 0 Å². The third-order valence-corrected chi connectivity index (χ3v) is 3.88. The Morgan fingerprint density at radius 1 is 1.30 bits per heavy atom. The van der Waals surface area contributed by atoms with Crippen LogP contribution in [0.4, 0.5) is 8.78 Å². The molecule has 0 bridgehead atoms. The molecule has 1 fully saturated rings. The van der Waals surface area contributed by atoms with Crippen LogP contribution >= 0.6 is 24.0 Å². The number of piperidine rings is 1. The predicted molar refractivity (Wildman–Crippen MR) is 101 cm³/mol. The Bertz CT molecular complexity index is 502. The van der Waals surface area contributed by atoms with E-state index in [1.54, 1.807) is 0 Å². The fourth-order valence-electron chi connectivity index (χ4n) is 2.85. The van der Waals surface area contributed by atoms with Crippen LogP contribution in [-0.2, 0) is 6.42 Å². The topological polar surface area (TPSA) is 27.6 Å². The lowest BCUT2D eigenvalue weighted by molar-refractivity contribution is 0.266. The molecule has 6 heteroatoms. The summed E-state index contributed by atoms with van der Waals surface area (Å²) in [6.07, 6.45) is 2.98. The normalized spacial score (nSPS) is 18.5. The van der Waals surface area contributed by atoms with Crippen molar-refractivity contribution < 1.29 is 8.78 Å². The Morgan fingerprint density at radius 2 is 2.00 bits per heavy atom. The molecule has 3 nitrogen and oxygen atoms in total. The van der Waals surface area contributed by atoms with E-state index in [-0.39, 0.29) is 24.0 Å². The largest absolute Gasteiger partial charge is 0.357 e. The number of hydrogen-bond acceptors (Lipinski definition) is 1. The van der Waals surface area contributed by atoms with Crippen molar-refractivity contribution in [1.29, 1.82) is 0 Å². The Kier molecular flexibility index (Phi) is 8.79. The minimum absolute atomic E-state index is 0. The molecular weight excluding hydrogens is 411 g/mol. The highest BCUT2D eigenvalue weighted by Crippen LogP contribution is 2.15. The molecular formula is C17H26F2IN3. The number of likely N-dealkylation sites (tertiary alicyclic amines) is 1. The minimum atomic E-state index is -0.532. The van der Waals surface area contributed by atoms with Crippen LogP contribution in [0.15, 0.2) is 23.2 Å². The summed E-state index contributed by atoms with van der Waals surface area (Å²) in [6.45, 7) is 7.68. The molecule has 1 aromatic rings. The second-order valence-electron chi connectivity index (χ2n) is 5.96. The number of nitrogens with zero attached hydrogens (tertiary/aromatic N) is 2. The lowest BCUT2D eigenvalue weighted by Crippen LogP contribution is -2.46. The first-order valence-corrected chi connectivity index (χ1v) is 8.06. The van der Waals surface area contributed by atoms with Gasteiger partial charge in [0.15, 0.2) is 5.96 Å². The molecule has 130 valence electrons. The van der Waals surface area contributed by atoms with Gasteiger partial charge in [-0.3, -0.25) is 4.99 Å². The van der Waals surface area contributed by atoms with Gasteiger partial charge in [-0.25, -0.2) is 8.78 Å². The highest BCUT2D eigenvalue weighted by molar-refractivity contribution is 14.0. The van der Waals surface area contributed by atoms with Gasteiger partial charge in [-0.15, -0.1) is 24.0 Å². The van der Waals surface area contributed by atoms with Gasteiger partial charge in [0.2, 0.25) is 0 Å². The number of hydrogen-bond donors (Lipinski definition) is 1. The van der Waals surface area contributed by atoms with Crippen LogP contribution in [0.1, 0.15) is 32.3 Å². The first kappa shape index (κ1) is 20.1. The molecule has 1 N–H and O–H groups in total. The molecule has 1 aliphatic rings. The van der Waals surface area contributed by atoms with Crippen LogP contribution in [0.2, 0.25) is 0 Å². The van der Waals surface area contributed by atoms with Crippen molar-refractivity contribution in [2.24, 2.45) is 10.9 Å². The van der Waals surface area contributed by atoms with Crippen molar-refractivity contribution in [1.82, 2.24) is 10.2 Å². The Morgan fingerprint density at radius 3 is 2.61 bits per heavy atom. The summed E-state index contributed by atoms with van der Waals surface area (Å²) < 4.78 is 26.3. The molecule has 0 spiro atoms. The van der Waals surface area contributed by atoms with Gasteiger partial charge in [0.25, 0.3) is 0 Å². The van der Waals surface area contributed by atoms with Gasteiger partial charge in [-0.05, 0) is 49.8 Å². The molecule has 0 aromatic heterocycles. The van der Waals surface area contributed by atoms with Crippen LogP contribution in [0.25, 0.3) is 0 Å². The molecule has 1 aromatic carbocycles. The quantitative estimate of drug-likeness (QED) is 0.441. The van der Waals surface area contributed by atoms with Gasteiger partial charge in [-0.1, -0.05) is 6.92 Å². The second kappa shape index (κ2) is 10.1. The average Bonchev–Trinajstić information content (AvgIpc) is 2.45. The van der Waals surface area contributed by atoms with Gasteiger partial charge < -0.3 is 10.2 Å². The zero-order chi connectivity index (χ0) is 15.9. The summed E-state index contributed by atoms with van der Waals surface area (Å²) in [5.41, 5.74) is 0.643. The molecule has 1 heterocycles. The van der Waals surface area contributed by atoms with Crippen molar-refractivity contribution >= 4 is 29.9 Å². The number of guanidine groups is 1. The highest BCUT2D eigenvalue weighted by atomic mass is 127. The summed E-state index contributed by atoms with van der Waals surface area (Å²) in [6, 6.07) is 3.63. The maximum Gasteiger partial charge on any atom is 0.193 e. The van der Waals surface area contributed by atoms with Crippen molar-refractivity contribution in [3.63, 3.8) is 0 Å². The lowest BCUT2D eigenvalue weighted by Gasteiger charge is -2.33. The van der Waals surface area contributed by atoms with E-state index in [4.69, 9.17) is 0 Å². The summed E-state index contributed by atoms with van der Waals surface area (Å²) in [5, 5.41) is 3.31. The van der Waals surface area contributed by atoms with Crippen LogP contribution in [-0.4, -0.2) is 37.0 Å². The third kappa shape index (κ3) is 6.61. The van der Waals surface area contributed by atoms with Gasteiger partial charge in [0.05, 0.1) is 0 Å². The molecule has 1 atom stereocenters. The van der Waals surface area contributed by atoms with Gasteiger partial charge in [-0.2, -0.15) is 0 Å². The fraction of sp³-hybridized carbons (Fsp3) is 0.588. The SMILES string of the molecule is CCNC(=NCCc1cc(F)cc(F)c1)N1CCCC(C)C1.I. The molecule has 0 aliphatic carbocycles. The molecule has 0 amide bonds. The molecule has 0 radical (unpaired) electrons. The van der Waals surface area contributed by atoms with E-state index in [0.717, 1.165) is 31.7 Å². The molecule has 1 saturated heterocycles. The number of nitrogens with one attached hydrogen (secondary N) is 1. The minimum Gasteiger partial charge on any atom is -0.357 e. The molecule has 2 rings (SSSR count). The average molecular weight is 437 g/mol. The maximum absolute atomic E-state index is 13.2. The fourth-order valence-corrected chi connectivity index (χ4v) is 2.85. The summed E-state index contributed by atoms with van der Waals surface area (Å²) in [5.74, 6) is 0.521. The summed E-state index contributed by atoms with van der Waals surface area (Å²) in [4.78, 5) is 6.89. The zero-order valence-corrected chi connectivity index (χ0v) is 16.1. The van der Waals surface area contributed by atoms with E-state index in [1.807, 2.05) is 6.92 Å². The number of aliphatic imine (C=N–C) groups is 1. The van der Waals surface area contributed by atoms with Crippen LogP contribution in [0, 0.1) is 17.6 Å². The molecule has 0 saturated carbocycles. The Balaban J connectivity index is 0.00000264. The first-order chi connectivity index (χ1) is 10.6. The van der Waals surface area contributed by atoms with Gasteiger partial charge in [0, 0.05) is 32.2 Å². The number of rotatable bonds is 4. The Hall–Kier alpha value is -0.920. The van der Waals surface area contributed by atoms with Crippen LogP contribution in [0.5, 0.6) is 0 Å². The van der Waals surface area contributed by atoms with E-state index < -0.39 is 11.6 Å². The van der Waals surface area contributed by atoms with E-state index in [9.17, 15) is 8.78 Å². The van der Waals surface area contributed by atoms with E-state index in [2.05, 4.69) is 22.1 Å².